The van der Waals surface area contributed by atoms with Crippen LogP contribution in [0.3, 0.4) is 0 Å². The summed E-state index contributed by atoms with van der Waals surface area (Å²) in [6, 6.07) is 0.484. The molecule has 0 aliphatic rings. The standard InChI is InChI=1S/C11H25NO2/c1-9(2)12-7-10(8-13-6)14-11(3,4)5/h9-10,12H,7-8H2,1-6H3. The largest absolute Gasteiger partial charge is 0.382 e. The van der Waals surface area contributed by atoms with E-state index in [0.29, 0.717) is 12.6 Å². The fourth-order valence-electron chi connectivity index (χ4n) is 1.19. The lowest BCUT2D eigenvalue weighted by molar-refractivity contribution is -0.0851. The van der Waals surface area contributed by atoms with E-state index in [1.165, 1.54) is 0 Å². The van der Waals surface area contributed by atoms with E-state index in [1.807, 2.05) is 0 Å². The molecule has 0 spiro atoms. The normalized spacial score (nSPS) is 14.8. The number of methoxy groups -OCH3 is 1. The molecule has 0 radical (unpaired) electrons. The van der Waals surface area contributed by atoms with Gasteiger partial charge in [0.25, 0.3) is 0 Å². The van der Waals surface area contributed by atoms with Crippen LogP contribution in [-0.2, 0) is 9.47 Å². The van der Waals surface area contributed by atoms with E-state index in [0.717, 1.165) is 6.54 Å². The lowest BCUT2D eigenvalue weighted by Crippen LogP contribution is -2.40. The topological polar surface area (TPSA) is 30.5 Å². The first-order chi connectivity index (χ1) is 6.35. The Hall–Kier alpha value is -0.120. The smallest absolute Gasteiger partial charge is 0.0939 e. The summed E-state index contributed by atoms with van der Waals surface area (Å²) >= 11 is 0. The van der Waals surface area contributed by atoms with Crippen molar-refractivity contribution in [1.29, 1.82) is 0 Å². The molecule has 0 aromatic heterocycles. The van der Waals surface area contributed by atoms with Gasteiger partial charge in [-0.15, -0.1) is 0 Å². The van der Waals surface area contributed by atoms with Crippen LogP contribution in [0.5, 0.6) is 0 Å². The second-order valence-electron chi connectivity index (χ2n) is 4.87. The fourth-order valence-corrected chi connectivity index (χ4v) is 1.19. The van der Waals surface area contributed by atoms with Gasteiger partial charge in [0.1, 0.15) is 0 Å². The number of nitrogens with one attached hydrogen (secondary N) is 1. The summed E-state index contributed by atoms with van der Waals surface area (Å²) in [5.74, 6) is 0. The molecule has 0 bridgehead atoms. The lowest BCUT2D eigenvalue weighted by atomic mass is 10.2. The molecule has 0 saturated carbocycles. The van der Waals surface area contributed by atoms with Gasteiger partial charge in [0.15, 0.2) is 0 Å². The molecule has 1 N–H and O–H groups in total. The molecule has 86 valence electrons. The van der Waals surface area contributed by atoms with E-state index < -0.39 is 0 Å². The van der Waals surface area contributed by atoms with Crippen molar-refractivity contribution >= 4 is 0 Å². The molecule has 0 aliphatic heterocycles. The predicted molar refractivity (Wildman–Crippen MR) is 59.6 cm³/mol. The maximum atomic E-state index is 5.84. The molecule has 0 fully saturated rings. The maximum Gasteiger partial charge on any atom is 0.0939 e. The number of ether oxygens (including phenoxy) is 2. The summed E-state index contributed by atoms with van der Waals surface area (Å²) in [6.07, 6.45) is 0.127. The van der Waals surface area contributed by atoms with Gasteiger partial charge >= 0.3 is 0 Å². The Kier molecular flexibility index (Phi) is 6.33. The molecule has 0 amide bonds. The summed E-state index contributed by atoms with van der Waals surface area (Å²) in [7, 11) is 1.70. The van der Waals surface area contributed by atoms with Crippen molar-refractivity contribution in [2.24, 2.45) is 0 Å². The van der Waals surface area contributed by atoms with Crippen LogP contribution in [0.4, 0.5) is 0 Å². The zero-order chi connectivity index (χ0) is 11.2. The van der Waals surface area contributed by atoms with E-state index >= 15 is 0 Å². The van der Waals surface area contributed by atoms with E-state index in [1.54, 1.807) is 7.11 Å². The second-order valence-corrected chi connectivity index (χ2v) is 4.87. The van der Waals surface area contributed by atoms with Crippen LogP contribution in [0.1, 0.15) is 34.6 Å². The van der Waals surface area contributed by atoms with E-state index in [2.05, 4.69) is 39.9 Å². The first kappa shape index (κ1) is 13.9. The highest BCUT2D eigenvalue weighted by Crippen LogP contribution is 2.10. The zero-order valence-electron chi connectivity index (χ0n) is 10.4. The van der Waals surface area contributed by atoms with Crippen LogP contribution in [-0.4, -0.2) is 38.0 Å². The van der Waals surface area contributed by atoms with Crippen LogP contribution in [0.25, 0.3) is 0 Å². The van der Waals surface area contributed by atoms with E-state index in [-0.39, 0.29) is 11.7 Å². The van der Waals surface area contributed by atoms with Gasteiger partial charge in [-0.1, -0.05) is 13.8 Å². The minimum atomic E-state index is -0.109. The first-order valence-electron chi connectivity index (χ1n) is 5.25. The van der Waals surface area contributed by atoms with Crippen molar-refractivity contribution in [2.75, 3.05) is 20.3 Å². The van der Waals surface area contributed by atoms with Crippen molar-refractivity contribution in [3.05, 3.63) is 0 Å². The Balaban J connectivity index is 3.89. The molecule has 14 heavy (non-hydrogen) atoms. The molecule has 0 aliphatic carbocycles. The van der Waals surface area contributed by atoms with Gasteiger partial charge in [-0.2, -0.15) is 0 Å². The Morgan fingerprint density at radius 1 is 1.21 bits per heavy atom. The van der Waals surface area contributed by atoms with Crippen LogP contribution in [0, 0.1) is 0 Å². The van der Waals surface area contributed by atoms with Crippen molar-refractivity contribution in [3.8, 4) is 0 Å². The van der Waals surface area contributed by atoms with Gasteiger partial charge in [0.05, 0.1) is 18.3 Å². The summed E-state index contributed by atoms with van der Waals surface area (Å²) < 4.78 is 11.0. The fraction of sp³-hybridized carbons (Fsp3) is 1.00. The summed E-state index contributed by atoms with van der Waals surface area (Å²) in [5.41, 5.74) is -0.109. The van der Waals surface area contributed by atoms with Crippen molar-refractivity contribution in [2.45, 2.75) is 52.4 Å². The highest BCUT2D eigenvalue weighted by atomic mass is 16.5. The molecular weight excluding hydrogens is 178 g/mol. The van der Waals surface area contributed by atoms with Gasteiger partial charge in [-0.3, -0.25) is 0 Å². The highest BCUT2D eigenvalue weighted by molar-refractivity contribution is 4.69. The van der Waals surface area contributed by atoms with Crippen molar-refractivity contribution in [1.82, 2.24) is 5.32 Å². The predicted octanol–water partition coefficient (Wildman–Crippen LogP) is 1.81. The average molecular weight is 203 g/mol. The molecule has 0 rings (SSSR count). The first-order valence-corrected chi connectivity index (χ1v) is 5.25. The molecule has 0 aromatic carbocycles. The Morgan fingerprint density at radius 2 is 1.79 bits per heavy atom. The minimum absolute atomic E-state index is 0.109. The van der Waals surface area contributed by atoms with Crippen LogP contribution in [0.2, 0.25) is 0 Å². The summed E-state index contributed by atoms with van der Waals surface area (Å²) in [4.78, 5) is 0. The third-order valence-corrected chi connectivity index (χ3v) is 1.63. The van der Waals surface area contributed by atoms with Gasteiger partial charge in [0, 0.05) is 19.7 Å². The average Bonchev–Trinajstić information content (AvgIpc) is 1.98. The Labute approximate surface area is 88.2 Å². The highest BCUT2D eigenvalue weighted by Gasteiger charge is 2.18. The van der Waals surface area contributed by atoms with Gasteiger partial charge in [-0.25, -0.2) is 0 Å². The SMILES string of the molecule is COCC(CNC(C)C)OC(C)(C)C. The lowest BCUT2D eigenvalue weighted by Gasteiger charge is -2.28. The molecule has 0 heterocycles. The van der Waals surface area contributed by atoms with Gasteiger partial charge in [0.2, 0.25) is 0 Å². The molecule has 3 nitrogen and oxygen atoms in total. The third kappa shape index (κ3) is 8.48. The molecule has 0 aromatic rings. The number of hydrogen-bond donors (Lipinski definition) is 1. The van der Waals surface area contributed by atoms with Gasteiger partial charge in [-0.05, 0) is 20.8 Å². The third-order valence-electron chi connectivity index (χ3n) is 1.63. The molecular formula is C11H25NO2. The Morgan fingerprint density at radius 3 is 2.14 bits per heavy atom. The van der Waals surface area contributed by atoms with E-state index in [9.17, 15) is 0 Å². The second kappa shape index (κ2) is 6.38. The van der Waals surface area contributed by atoms with Crippen LogP contribution >= 0.6 is 0 Å². The van der Waals surface area contributed by atoms with Crippen LogP contribution < -0.4 is 5.32 Å². The van der Waals surface area contributed by atoms with Crippen LogP contribution in [0.15, 0.2) is 0 Å². The van der Waals surface area contributed by atoms with Gasteiger partial charge < -0.3 is 14.8 Å². The quantitative estimate of drug-likeness (QED) is 0.714. The maximum absolute atomic E-state index is 5.84. The molecule has 1 unspecified atom stereocenters. The van der Waals surface area contributed by atoms with E-state index in [4.69, 9.17) is 9.47 Å². The number of hydrogen-bond acceptors (Lipinski definition) is 3. The molecule has 0 saturated heterocycles. The zero-order valence-corrected chi connectivity index (χ0v) is 10.4. The minimum Gasteiger partial charge on any atom is -0.382 e. The van der Waals surface area contributed by atoms with Crippen molar-refractivity contribution in [3.63, 3.8) is 0 Å². The molecule has 3 heteroatoms. The Bertz CT molecular complexity index is 141. The molecule has 1 atom stereocenters. The summed E-state index contributed by atoms with van der Waals surface area (Å²) in [6.45, 7) is 11.9. The monoisotopic (exact) mass is 203 g/mol. The summed E-state index contributed by atoms with van der Waals surface area (Å²) in [5, 5.41) is 3.35. The van der Waals surface area contributed by atoms with Crippen molar-refractivity contribution < 1.29 is 9.47 Å². The number of rotatable bonds is 6.